The summed E-state index contributed by atoms with van der Waals surface area (Å²) in [6.45, 7) is 4.67. The predicted octanol–water partition coefficient (Wildman–Crippen LogP) is 0.849. The standard InChI is InChI=1S/C25H37N3O7/c1-25(2,3)35-24(33)28-20(14-34-13-15-7-5-4-6-8-15)23(32)27-19(12-29)21(30)17-11-18(17)22(31)26-16-9-10-16/h4-8,16-21,29-30H,9-14H2,1-3H3,(H,26,31)(H,27,32)(H,28,33)/t17-,18+,19+,20+,21-/m1/s1. The van der Waals surface area contributed by atoms with Crippen LogP contribution in [-0.4, -0.2) is 71.2 Å². The third kappa shape index (κ3) is 8.79. The van der Waals surface area contributed by atoms with Crippen molar-refractivity contribution in [1.29, 1.82) is 0 Å². The quantitative estimate of drug-likeness (QED) is 0.291. The molecule has 5 N–H and O–H groups in total. The van der Waals surface area contributed by atoms with Crippen molar-refractivity contribution < 1.29 is 34.1 Å². The van der Waals surface area contributed by atoms with Crippen molar-refractivity contribution in [3.8, 4) is 0 Å². The van der Waals surface area contributed by atoms with Crippen molar-refractivity contribution >= 4 is 17.9 Å². The van der Waals surface area contributed by atoms with E-state index in [0.29, 0.717) is 6.42 Å². The van der Waals surface area contributed by atoms with Gasteiger partial charge in [-0.1, -0.05) is 30.3 Å². The molecule has 10 nitrogen and oxygen atoms in total. The van der Waals surface area contributed by atoms with Crippen LogP contribution in [0.25, 0.3) is 0 Å². The number of ether oxygens (including phenoxy) is 2. The summed E-state index contributed by atoms with van der Waals surface area (Å²) >= 11 is 0. The summed E-state index contributed by atoms with van der Waals surface area (Å²) in [5.74, 6) is -1.42. The zero-order valence-electron chi connectivity index (χ0n) is 20.5. The molecule has 2 aliphatic carbocycles. The Balaban J connectivity index is 1.57. The molecule has 10 heteroatoms. The SMILES string of the molecule is CC(C)(C)OC(=O)N[C@@H](COCc1ccccc1)C(=O)N[C@@H](CO)[C@H](O)[C@@H]1C[C@@H]1C(=O)NC1CC1. The number of benzene rings is 1. The molecule has 2 saturated carbocycles. The van der Waals surface area contributed by atoms with Gasteiger partial charge in [0, 0.05) is 12.0 Å². The lowest BCUT2D eigenvalue weighted by atomic mass is 10.0. The first-order valence-electron chi connectivity index (χ1n) is 12.1. The van der Waals surface area contributed by atoms with E-state index in [0.717, 1.165) is 18.4 Å². The van der Waals surface area contributed by atoms with Crippen LogP contribution in [0.2, 0.25) is 0 Å². The third-order valence-electron chi connectivity index (χ3n) is 5.88. The van der Waals surface area contributed by atoms with Crippen LogP contribution in [-0.2, 0) is 25.7 Å². The van der Waals surface area contributed by atoms with E-state index in [4.69, 9.17) is 9.47 Å². The first-order chi connectivity index (χ1) is 16.6. The third-order valence-corrected chi connectivity index (χ3v) is 5.88. The molecule has 0 unspecified atom stereocenters. The molecule has 2 fully saturated rings. The zero-order valence-corrected chi connectivity index (χ0v) is 20.5. The van der Waals surface area contributed by atoms with Crippen molar-refractivity contribution in [2.24, 2.45) is 11.8 Å². The average molecular weight is 492 g/mol. The number of nitrogens with one attached hydrogen (secondary N) is 3. The Kier molecular flexibility index (Phi) is 9.09. The van der Waals surface area contributed by atoms with Crippen LogP contribution in [0.5, 0.6) is 0 Å². The maximum Gasteiger partial charge on any atom is 0.408 e. The van der Waals surface area contributed by atoms with Gasteiger partial charge in [-0.05, 0) is 51.5 Å². The van der Waals surface area contributed by atoms with Crippen LogP contribution < -0.4 is 16.0 Å². The number of alkyl carbamates (subject to hydrolysis) is 1. The van der Waals surface area contributed by atoms with Crippen molar-refractivity contribution in [3.05, 3.63) is 35.9 Å². The summed E-state index contributed by atoms with van der Waals surface area (Å²) in [6, 6.07) is 7.47. The van der Waals surface area contributed by atoms with Gasteiger partial charge in [-0.15, -0.1) is 0 Å². The molecule has 0 bridgehead atoms. The van der Waals surface area contributed by atoms with E-state index in [1.165, 1.54) is 0 Å². The minimum Gasteiger partial charge on any atom is -0.444 e. The fourth-order valence-electron chi connectivity index (χ4n) is 3.75. The Labute approximate surface area is 205 Å². The Morgan fingerprint density at radius 1 is 1.11 bits per heavy atom. The molecule has 0 radical (unpaired) electrons. The molecule has 194 valence electrons. The lowest BCUT2D eigenvalue weighted by Gasteiger charge is -2.27. The summed E-state index contributed by atoms with van der Waals surface area (Å²) in [4.78, 5) is 37.6. The molecule has 0 spiro atoms. The van der Waals surface area contributed by atoms with Gasteiger partial charge in [0.15, 0.2) is 0 Å². The maximum atomic E-state index is 13.0. The van der Waals surface area contributed by atoms with Gasteiger partial charge < -0.3 is 35.6 Å². The molecular weight excluding hydrogens is 454 g/mol. The van der Waals surface area contributed by atoms with Gasteiger partial charge in [0.25, 0.3) is 0 Å². The second-order valence-electron chi connectivity index (χ2n) is 10.3. The number of amides is 3. The van der Waals surface area contributed by atoms with Crippen molar-refractivity contribution in [3.63, 3.8) is 0 Å². The number of carbonyl (C=O) groups excluding carboxylic acids is 3. The van der Waals surface area contributed by atoms with Crippen LogP contribution >= 0.6 is 0 Å². The second-order valence-corrected chi connectivity index (χ2v) is 10.3. The molecule has 0 aliphatic heterocycles. The molecule has 0 aromatic heterocycles. The van der Waals surface area contributed by atoms with Gasteiger partial charge in [0.2, 0.25) is 11.8 Å². The molecule has 1 aromatic rings. The first-order valence-corrected chi connectivity index (χ1v) is 12.1. The maximum absolute atomic E-state index is 13.0. The highest BCUT2D eigenvalue weighted by Crippen LogP contribution is 2.43. The van der Waals surface area contributed by atoms with E-state index in [2.05, 4.69) is 16.0 Å². The molecule has 5 atom stereocenters. The highest BCUT2D eigenvalue weighted by molar-refractivity contribution is 5.86. The summed E-state index contributed by atoms with van der Waals surface area (Å²) in [7, 11) is 0. The highest BCUT2D eigenvalue weighted by Gasteiger charge is 2.50. The van der Waals surface area contributed by atoms with Crippen LogP contribution in [0.3, 0.4) is 0 Å². The van der Waals surface area contributed by atoms with Crippen molar-refractivity contribution in [2.75, 3.05) is 13.2 Å². The Bertz CT molecular complexity index is 870. The van der Waals surface area contributed by atoms with E-state index >= 15 is 0 Å². The fourth-order valence-corrected chi connectivity index (χ4v) is 3.75. The monoisotopic (exact) mass is 491 g/mol. The Morgan fingerprint density at radius 2 is 1.80 bits per heavy atom. The lowest BCUT2D eigenvalue weighted by molar-refractivity contribution is -0.127. The van der Waals surface area contributed by atoms with Crippen LogP contribution in [0.4, 0.5) is 4.79 Å². The van der Waals surface area contributed by atoms with E-state index in [9.17, 15) is 24.6 Å². The van der Waals surface area contributed by atoms with Crippen LogP contribution in [0.15, 0.2) is 30.3 Å². The molecule has 1 aromatic carbocycles. The smallest absolute Gasteiger partial charge is 0.408 e. The zero-order chi connectivity index (χ0) is 25.6. The second kappa shape index (κ2) is 11.8. The van der Waals surface area contributed by atoms with Gasteiger partial charge in [-0.3, -0.25) is 9.59 Å². The van der Waals surface area contributed by atoms with Crippen molar-refractivity contribution in [1.82, 2.24) is 16.0 Å². The highest BCUT2D eigenvalue weighted by atomic mass is 16.6. The molecule has 2 aliphatic rings. The number of rotatable bonds is 12. The molecule has 0 saturated heterocycles. The van der Waals surface area contributed by atoms with Gasteiger partial charge >= 0.3 is 6.09 Å². The molecule has 35 heavy (non-hydrogen) atoms. The Hall–Kier alpha value is -2.69. The van der Waals surface area contributed by atoms with Gasteiger partial charge in [-0.25, -0.2) is 4.79 Å². The van der Waals surface area contributed by atoms with Crippen LogP contribution in [0.1, 0.15) is 45.6 Å². The summed E-state index contributed by atoms with van der Waals surface area (Å²) in [5, 5.41) is 28.5. The average Bonchev–Trinajstić information content (AvgIpc) is 3.70. The van der Waals surface area contributed by atoms with E-state index in [-0.39, 0.29) is 37.0 Å². The van der Waals surface area contributed by atoms with Gasteiger partial charge in [0.05, 0.1) is 32.0 Å². The summed E-state index contributed by atoms with van der Waals surface area (Å²) < 4.78 is 10.9. The molecule has 0 heterocycles. The summed E-state index contributed by atoms with van der Waals surface area (Å²) in [6.07, 6.45) is 0.539. The number of hydrogen-bond acceptors (Lipinski definition) is 7. The van der Waals surface area contributed by atoms with E-state index < -0.39 is 42.4 Å². The number of aliphatic hydroxyl groups excluding tert-OH is 2. The number of aliphatic hydroxyl groups is 2. The first kappa shape index (κ1) is 26.9. The van der Waals surface area contributed by atoms with E-state index in [1.54, 1.807) is 20.8 Å². The summed E-state index contributed by atoms with van der Waals surface area (Å²) in [5.41, 5.74) is 0.138. The van der Waals surface area contributed by atoms with Gasteiger partial charge in [0.1, 0.15) is 11.6 Å². The largest absolute Gasteiger partial charge is 0.444 e. The molecular formula is C25H37N3O7. The van der Waals surface area contributed by atoms with Crippen molar-refractivity contribution in [2.45, 2.75) is 76.5 Å². The lowest BCUT2D eigenvalue weighted by Crippen LogP contribution is -2.56. The molecule has 3 amide bonds. The topological polar surface area (TPSA) is 146 Å². The minimum atomic E-state index is -1.12. The molecule has 3 rings (SSSR count). The Morgan fingerprint density at radius 3 is 2.40 bits per heavy atom. The number of carbonyl (C=O) groups is 3. The normalized spacial score (nSPS) is 21.9. The minimum absolute atomic E-state index is 0.0988. The van der Waals surface area contributed by atoms with E-state index in [1.807, 2.05) is 30.3 Å². The fraction of sp³-hybridized carbons (Fsp3) is 0.640. The predicted molar refractivity (Wildman–Crippen MR) is 127 cm³/mol. The van der Waals surface area contributed by atoms with Crippen LogP contribution in [0, 0.1) is 11.8 Å². The van der Waals surface area contributed by atoms with Gasteiger partial charge in [-0.2, -0.15) is 0 Å². The number of hydrogen-bond donors (Lipinski definition) is 5.